The zero-order valence-electron chi connectivity index (χ0n) is 14.8. The number of para-hydroxylation sites is 1. The fourth-order valence-corrected chi connectivity index (χ4v) is 2.63. The third-order valence-electron chi connectivity index (χ3n) is 3.91. The average molecular weight is 334 g/mol. The molecule has 2 aromatic carbocycles. The van der Waals surface area contributed by atoms with Crippen LogP contribution in [0.3, 0.4) is 0 Å². The van der Waals surface area contributed by atoms with Crippen molar-refractivity contribution in [3.63, 3.8) is 0 Å². The molecule has 0 aliphatic rings. The molecule has 25 heavy (non-hydrogen) atoms. The van der Waals surface area contributed by atoms with Crippen molar-refractivity contribution in [1.29, 1.82) is 0 Å². The van der Waals surface area contributed by atoms with Gasteiger partial charge in [-0.2, -0.15) is 5.10 Å². The van der Waals surface area contributed by atoms with E-state index in [4.69, 9.17) is 4.74 Å². The van der Waals surface area contributed by atoms with Crippen molar-refractivity contribution in [3.05, 3.63) is 65.9 Å². The van der Waals surface area contributed by atoms with E-state index in [1.165, 1.54) is 0 Å². The molecule has 0 spiro atoms. The number of benzene rings is 2. The Morgan fingerprint density at radius 3 is 2.56 bits per heavy atom. The minimum atomic E-state index is 0.474. The lowest BCUT2D eigenvalue weighted by atomic mass is 10.1. The summed E-state index contributed by atoms with van der Waals surface area (Å²) in [5.74, 6) is 1.34. The summed E-state index contributed by atoms with van der Waals surface area (Å²) in [5.41, 5.74) is 4.11. The number of nitrogens with zero attached hydrogens (tertiary/aromatic N) is 2. The van der Waals surface area contributed by atoms with Crippen LogP contribution in [0.2, 0.25) is 0 Å². The number of hydrogen-bond acceptors (Lipinski definition) is 3. The molecule has 3 rings (SSSR count). The number of ether oxygens (including phenoxy) is 1. The molecule has 0 N–H and O–H groups in total. The van der Waals surface area contributed by atoms with E-state index in [2.05, 4.69) is 18.9 Å². The highest BCUT2D eigenvalue weighted by atomic mass is 16.5. The lowest BCUT2D eigenvalue weighted by Gasteiger charge is -2.12. The van der Waals surface area contributed by atoms with Crippen molar-refractivity contribution in [2.45, 2.75) is 20.8 Å². The molecule has 1 aromatic heterocycles. The predicted octanol–water partition coefficient (Wildman–Crippen LogP) is 4.70. The van der Waals surface area contributed by atoms with Crippen LogP contribution in [0.25, 0.3) is 16.9 Å². The summed E-state index contributed by atoms with van der Waals surface area (Å²) < 4.78 is 7.56. The molecule has 0 fully saturated rings. The van der Waals surface area contributed by atoms with Crippen LogP contribution in [0.4, 0.5) is 0 Å². The fraction of sp³-hybridized carbons (Fsp3) is 0.238. The van der Waals surface area contributed by atoms with E-state index in [0.717, 1.165) is 28.8 Å². The molecule has 0 saturated heterocycles. The van der Waals surface area contributed by atoms with Gasteiger partial charge in [0.1, 0.15) is 11.4 Å². The number of aldehydes is 1. The molecule has 0 amide bonds. The van der Waals surface area contributed by atoms with E-state index in [9.17, 15) is 4.79 Å². The molecule has 4 heteroatoms. The second kappa shape index (κ2) is 7.34. The van der Waals surface area contributed by atoms with Gasteiger partial charge in [-0.3, -0.25) is 4.79 Å². The monoisotopic (exact) mass is 334 g/mol. The van der Waals surface area contributed by atoms with Gasteiger partial charge in [-0.1, -0.05) is 32.0 Å². The Labute approximate surface area is 148 Å². The molecule has 0 unspecified atom stereocenters. The highest BCUT2D eigenvalue weighted by Gasteiger charge is 2.13. The quantitative estimate of drug-likeness (QED) is 0.614. The second-order valence-electron chi connectivity index (χ2n) is 6.52. The molecule has 1 heterocycles. The summed E-state index contributed by atoms with van der Waals surface area (Å²) in [6, 6.07) is 15.7. The Morgan fingerprint density at radius 2 is 1.92 bits per heavy atom. The third-order valence-corrected chi connectivity index (χ3v) is 3.91. The Bertz CT molecular complexity index is 867. The van der Waals surface area contributed by atoms with Crippen molar-refractivity contribution in [3.8, 4) is 22.7 Å². The SMILES string of the molecule is Cc1cc(-c2nn(-c3ccccc3)cc2C=O)ccc1OCC(C)C. The van der Waals surface area contributed by atoms with Crippen molar-refractivity contribution in [2.75, 3.05) is 6.61 Å². The highest BCUT2D eigenvalue weighted by Crippen LogP contribution is 2.28. The summed E-state index contributed by atoms with van der Waals surface area (Å²) in [6.07, 6.45) is 2.61. The smallest absolute Gasteiger partial charge is 0.153 e. The summed E-state index contributed by atoms with van der Waals surface area (Å²) in [4.78, 5) is 11.5. The molecule has 3 aromatic rings. The van der Waals surface area contributed by atoms with Crippen LogP contribution in [0, 0.1) is 12.8 Å². The van der Waals surface area contributed by atoms with Crippen LogP contribution in [-0.4, -0.2) is 22.7 Å². The third kappa shape index (κ3) is 3.79. The Morgan fingerprint density at radius 1 is 1.16 bits per heavy atom. The molecule has 0 aliphatic heterocycles. The van der Waals surface area contributed by atoms with E-state index >= 15 is 0 Å². The van der Waals surface area contributed by atoms with Crippen LogP contribution < -0.4 is 4.74 Å². The lowest BCUT2D eigenvalue weighted by Crippen LogP contribution is -2.05. The summed E-state index contributed by atoms with van der Waals surface area (Å²) in [6.45, 7) is 6.93. The molecule has 0 aliphatic carbocycles. The van der Waals surface area contributed by atoms with Gasteiger partial charge in [0.2, 0.25) is 0 Å². The number of hydrogen-bond donors (Lipinski definition) is 0. The van der Waals surface area contributed by atoms with Crippen molar-refractivity contribution < 1.29 is 9.53 Å². The maximum absolute atomic E-state index is 11.5. The van der Waals surface area contributed by atoms with Gasteiger partial charge in [0.05, 0.1) is 17.9 Å². The average Bonchev–Trinajstić information content (AvgIpc) is 3.05. The first-order valence-electron chi connectivity index (χ1n) is 8.42. The van der Waals surface area contributed by atoms with Crippen LogP contribution in [0.15, 0.2) is 54.7 Å². The van der Waals surface area contributed by atoms with Gasteiger partial charge >= 0.3 is 0 Å². The predicted molar refractivity (Wildman–Crippen MR) is 99.5 cm³/mol. The van der Waals surface area contributed by atoms with E-state index < -0.39 is 0 Å². The lowest BCUT2D eigenvalue weighted by molar-refractivity contribution is 0.112. The maximum Gasteiger partial charge on any atom is 0.153 e. The molecule has 0 radical (unpaired) electrons. The normalized spacial score (nSPS) is 10.9. The van der Waals surface area contributed by atoms with Crippen molar-refractivity contribution in [1.82, 2.24) is 9.78 Å². The van der Waals surface area contributed by atoms with Crippen LogP contribution >= 0.6 is 0 Å². The van der Waals surface area contributed by atoms with E-state index in [1.54, 1.807) is 10.9 Å². The molecular formula is C21H22N2O2. The number of rotatable bonds is 6. The van der Waals surface area contributed by atoms with Crippen LogP contribution in [0.1, 0.15) is 29.8 Å². The van der Waals surface area contributed by atoms with Crippen LogP contribution in [-0.2, 0) is 0 Å². The van der Waals surface area contributed by atoms with Crippen molar-refractivity contribution >= 4 is 6.29 Å². The first kappa shape index (κ1) is 17.0. The Hall–Kier alpha value is -2.88. The number of carbonyl (C=O) groups excluding carboxylic acids is 1. The first-order chi connectivity index (χ1) is 12.1. The first-order valence-corrected chi connectivity index (χ1v) is 8.42. The van der Waals surface area contributed by atoms with Gasteiger partial charge in [-0.25, -0.2) is 4.68 Å². The molecule has 0 atom stereocenters. The maximum atomic E-state index is 11.5. The minimum absolute atomic E-state index is 0.474. The highest BCUT2D eigenvalue weighted by molar-refractivity contribution is 5.85. The summed E-state index contributed by atoms with van der Waals surface area (Å²) in [5, 5.41) is 4.61. The number of aryl methyl sites for hydroxylation is 1. The Kier molecular flexibility index (Phi) is 4.98. The zero-order chi connectivity index (χ0) is 17.8. The summed E-state index contributed by atoms with van der Waals surface area (Å²) >= 11 is 0. The summed E-state index contributed by atoms with van der Waals surface area (Å²) in [7, 11) is 0. The molecule has 4 nitrogen and oxygen atoms in total. The number of carbonyl (C=O) groups is 1. The van der Waals surface area contributed by atoms with Crippen LogP contribution in [0.5, 0.6) is 5.75 Å². The van der Waals surface area contributed by atoms with Gasteiger partial charge in [-0.15, -0.1) is 0 Å². The zero-order valence-corrected chi connectivity index (χ0v) is 14.8. The van der Waals surface area contributed by atoms with Gasteiger partial charge in [0.25, 0.3) is 0 Å². The van der Waals surface area contributed by atoms with E-state index in [-0.39, 0.29) is 0 Å². The molecule has 128 valence electrons. The molecule has 0 bridgehead atoms. The minimum Gasteiger partial charge on any atom is -0.493 e. The second-order valence-corrected chi connectivity index (χ2v) is 6.52. The largest absolute Gasteiger partial charge is 0.493 e. The van der Waals surface area contributed by atoms with Gasteiger partial charge in [-0.05, 0) is 48.7 Å². The number of aromatic nitrogens is 2. The van der Waals surface area contributed by atoms with Gasteiger partial charge in [0, 0.05) is 11.8 Å². The van der Waals surface area contributed by atoms with Crippen molar-refractivity contribution in [2.24, 2.45) is 5.92 Å². The van der Waals surface area contributed by atoms with Gasteiger partial charge < -0.3 is 4.74 Å². The Balaban J connectivity index is 1.95. The van der Waals surface area contributed by atoms with E-state index in [1.807, 2.05) is 55.5 Å². The standard InChI is InChI=1S/C21H22N2O2/c1-15(2)14-25-20-10-9-17(11-16(20)3)21-18(13-24)12-23(22-21)19-7-5-4-6-8-19/h4-13,15H,14H2,1-3H3. The molecular weight excluding hydrogens is 312 g/mol. The van der Waals surface area contributed by atoms with Gasteiger partial charge in [0.15, 0.2) is 6.29 Å². The fourth-order valence-electron chi connectivity index (χ4n) is 2.63. The molecule has 0 saturated carbocycles. The van der Waals surface area contributed by atoms with E-state index in [0.29, 0.717) is 23.8 Å². The topological polar surface area (TPSA) is 44.1 Å².